The normalized spacial score (nSPS) is 19.2. The van der Waals surface area contributed by atoms with Crippen LogP contribution < -0.4 is 0 Å². The maximum atomic E-state index is 9.89. The molecule has 0 saturated heterocycles. The van der Waals surface area contributed by atoms with Crippen molar-refractivity contribution in [2.24, 2.45) is 0 Å². The van der Waals surface area contributed by atoms with E-state index in [1.54, 1.807) is 0 Å². The van der Waals surface area contributed by atoms with Crippen LogP contribution in [0.3, 0.4) is 0 Å². The number of hydrogen-bond acceptors (Lipinski definition) is 0. The summed E-state index contributed by atoms with van der Waals surface area (Å²) in [6.07, 6.45) is 0. The van der Waals surface area contributed by atoms with Gasteiger partial charge in [0.2, 0.25) is 0 Å². The second-order valence-corrected chi connectivity index (χ2v) is 3.70. The van der Waals surface area contributed by atoms with Crippen LogP contribution in [0.25, 0.3) is 0 Å². The first kappa shape index (κ1) is 6.34. The average molecular weight is 290 g/mol. The van der Waals surface area contributed by atoms with Crippen molar-refractivity contribution in [2.45, 2.75) is 0 Å². The molecule has 45 valence electrons. The van der Waals surface area contributed by atoms with Crippen LogP contribution >= 0.6 is 0 Å². The number of hydrogen-bond donors (Lipinski definition) is 0. The van der Waals surface area contributed by atoms with Gasteiger partial charge in [0.15, 0.2) is 0 Å². The number of rotatable bonds is 0. The van der Waals surface area contributed by atoms with Gasteiger partial charge in [0, 0.05) is 0 Å². The SMILES string of the molecule is [F][Pt]([F])([F])([F])[F]. The van der Waals surface area contributed by atoms with Crippen molar-refractivity contribution < 1.29 is 33.2 Å². The van der Waals surface area contributed by atoms with Crippen molar-refractivity contribution >= 4 is 0 Å². The molecule has 0 heterocycles. The van der Waals surface area contributed by atoms with E-state index in [0.717, 1.165) is 0 Å². The molecule has 0 atom stereocenters. The standard InChI is InChI=1S/5FH.Pt/h5*1H;/q;;;;;+5/p-5. The molecule has 0 aliphatic carbocycles. The van der Waals surface area contributed by atoms with Gasteiger partial charge < -0.3 is 0 Å². The molecule has 0 radical (unpaired) electrons. The molecular weight excluding hydrogens is 290 g/mol. The summed E-state index contributed by atoms with van der Waals surface area (Å²) in [5.41, 5.74) is 0. The molecule has 0 aromatic rings. The summed E-state index contributed by atoms with van der Waals surface area (Å²) in [6.45, 7) is 0. The van der Waals surface area contributed by atoms with Crippen molar-refractivity contribution in [3.63, 3.8) is 0 Å². The molecule has 0 N–H and O–H groups in total. The summed E-state index contributed by atoms with van der Waals surface area (Å²) in [5.74, 6) is 0. The molecule has 0 aliphatic rings. The van der Waals surface area contributed by atoms with Gasteiger partial charge in [-0.05, 0) is 0 Å². The third kappa shape index (κ3) is 422. The minimum absolute atomic E-state index is 9.05. The zero-order valence-corrected chi connectivity index (χ0v) is 4.48. The van der Waals surface area contributed by atoms with Crippen molar-refractivity contribution in [1.82, 2.24) is 0 Å². The van der Waals surface area contributed by atoms with Gasteiger partial charge in [-0.1, -0.05) is 0 Å². The zero-order chi connectivity index (χ0) is 5.45. The first-order chi connectivity index (χ1) is 2.24. The Kier molecular flexibility index (Phi) is 0.993. The van der Waals surface area contributed by atoms with Crippen LogP contribution in [0.15, 0.2) is 0 Å². The van der Waals surface area contributed by atoms with E-state index in [2.05, 4.69) is 0 Å². The van der Waals surface area contributed by atoms with Crippen molar-refractivity contribution in [2.75, 3.05) is 0 Å². The fourth-order valence-corrected chi connectivity index (χ4v) is 0. The zero-order valence-electron chi connectivity index (χ0n) is 2.21. The molecule has 0 nitrogen and oxygen atoms in total. The van der Waals surface area contributed by atoms with Crippen molar-refractivity contribution in [3.8, 4) is 0 Å². The molecular formula is F5Pt. The van der Waals surface area contributed by atoms with E-state index in [-0.39, 0.29) is 0 Å². The van der Waals surface area contributed by atoms with Crippen molar-refractivity contribution in [1.29, 1.82) is 0 Å². The van der Waals surface area contributed by atoms with E-state index in [1.165, 1.54) is 0 Å². The van der Waals surface area contributed by atoms with Gasteiger partial charge in [-0.2, -0.15) is 0 Å². The van der Waals surface area contributed by atoms with E-state index >= 15 is 0 Å². The molecule has 0 fully saturated rings. The molecule has 0 rings (SSSR count). The van der Waals surface area contributed by atoms with Crippen LogP contribution in [0.5, 0.6) is 0 Å². The second kappa shape index (κ2) is 0.940. The van der Waals surface area contributed by atoms with Gasteiger partial charge in [0.05, 0.1) is 0 Å². The van der Waals surface area contributed by atoms with Crippen LogP contribution in [0.1, 0.15) is 0 Å². The molecule has 0 bridgehead atoms. The average Bonchev–Trinajstić information content (AvgIpc) is 0.650. The summed E-state index contributed by atoms with van der Waals surface area (Å²) in [5, 5.41) is 0. The molecule has 6 heavy (non-hydrogen) atoms. The maximum absolute atomic E-state index is 9.89. The van der Waals surface area contributed by atoms with E-state index in [0.29, 0.717) is 0 Å². The Bertz CT molecular complexity index is 37.1. The molecule has 0 unspecified atom stereocenters. The van der Waals surface area contributed by atoms with E-state index in [1.807, 2.05) is 0 Å². The van der Waals surface area contributed by atoms with Gasteiger partial charge in [-0.15, -0.1) is 0 Å². The predicted molar refractivity (Wildman–Crippen MR) is 5.54 cm³/mol. The van der Waals surface area contributed by atoms with Crippen LogP contribution in [0.2, 0.25) is 0 Å². The van der Waals surface area contributed by atoms with Crippen LogP contribution in [0, 0.1) is 0 Å². The Morgan fingerprint density at radius 1 is 0.667 bits per heavy atom. The topological polar surface area (TPSA) is 0 Å². The van der Waals surface area contributed by atoms with Gasteiger partial charge in [0.25, 0.3) is 0 Å². The summed E-state index contributed by atoms with van der Waals surface area (Å²) in [7, 11) is 0. The van der Waals surface area contributed by atoms with Gasteiger partial charge in [0.1, 0.15) is 0 Å². The quantitative estimate of drug-likeness (QED) is 0.599. The van der Waals surface area contributed by atoms with Crippen LogP contribution in [-0.4, -0.2) is 0 Å². The van der Waals surface area contributed by atoms with Gasteiger partial charge in [-0.25, -0.2) is 0 Å². The molecule has 0 aromatic heterocycles. The Hall–Kier alpha value is 0.338. The fraction of sp³-hybridized carbons (Fsp3) is 0. The molecule has 0 aliphatic heterocycles. The Morgan fingerprint density at radius 3 is 0.667 bits per heavy atom. The summed E-state index contributed by atoms with van der Waals surface area (Å²) in [6, 6.07) is 0. The molecule has 0 saturated carbocycles. The van der Waals surface area contributed by atoms with Crippen LogP contribution in [0.4, 0.5) is 15.8 Å². The molecule has 6 heteroatoms. The van der Waals surface area contributed by atoms with Crippen LogP contribution in [-0.2, 0) is 17.4 Å². The number of halogens is 5. The molecule has 0 spiro atoms. The first-order valence-corrected chi connectivity index (χ1v) is 4.89. The fourth-order valence-electron chi connectivity index (χ4n) is 0. The second-order valence-electron chi connectivity index (χ2n) is 0.452. The van der Waals surface area contributed by atoms with Gasteiger partial charge in [-0.3, -0.25) is 0 Å². The third-order valence-corrected chi connectivity index (χ3v) is 0. The van der Waals surface area contributed by atoms with Crippen molar-refractivity contribution in [3.05, 3.63) is 0 Å². The third-order valence-electron chi connectivity index (χ3n) is 0. The summed E-state index contributed by atoms with van der Waals surface area (Å²) in [4.78, 5) is 0. The molecule has 0 amide bonds. The molecule has 0 aromatic carbocycles. The Morgan fingerprint density at radius 2 is 0.667 bits per heavy atom. The predicted octanol–water partition coefficient (Wildman–Crippen LogP) is 2.10. The van der Waals surface area contributed by atoms with E-state index < -0.39 is 17.4 Å². The van der Waals surface area contributed by atoms with E-state index in [9.17, 15) is 15.8 Å². The van der Waals surface area contributed by atoms with E-state index in [4.69, 9.17) is 0 Å². The van der Waals surface area contributed by atoms with Gasteiger partial charge >= 0.3 is 33.2 Å². The Balaban J connectivity index is 3.73. The monoisotopic (exact) mass is 290 g/mol. The first-order valence-electron chi connectivity index (χ1n) is 0.598. The summed E-state index contributed by atoms with van der Waals surface area (Å²) < 4.78 is 49.5. The minimum atomic E-state index is -9.05. The summed E-state index contributed by atoms with van der Waals surface area (Å²) >= 11 is -9.05. The Labute approximate surface area is 34.0 Å².